The maximum Gasteiger partial charge on any atom is 0.431 e. The zero-order valence-electron chi connectivity index (χ0n) is 14.2. The number of allylic oxidation sites excluding steroid dienone is 1. The van der Waals surface area contributed by atoms with Crippen LogP contribution in [0.3, 0.4) is 0 Å². The standard InChI is InChI=1S/C17H26N4O2/c1-5-7-14-8-6-9-19-15(14)21(16(22)23-17(2,3)4)20-12-10-18-11-13-20/h5-6,8-9,18H,1,7,10-13H2,2-4H3. The number of ether oxygens (including phenoxy) is 1. The second-order valence-corrected chi connectivity index (χ2v) is 6.47. The van der Waals surface area contributed by atoms with Crippen molar-refractivity contribution in [1.82, 2.24) is 15.3 Å². The zero-order valence-corrected chi connectivity index (χ0v) is 14.2. The number of nitrogens with zero attached hydrogens (tertiary/aromatic N) is 3. The number of carbonyl (C=O) groups excluding carboxylic acids is 1. The van der Waals surface area contributed by atoms with E-state index in [9.17, 15) is 4.79 Å². The van der Waals surface area contributed by atoms with Crippen molar-refractivity contribution >= 4 is 11.9 Å². The Labute approximate surface area is 138 Å². The van der Waals surface area contributed by atoms with Crippen molar-refractivity contribution in [2.24, 2.45) is 0 Å². The molecule has 1 aromatic heterocycles. The first-order valence-electron chi connectivity index (χ1n) is 7.96. The number of amides is 1. The van der Waals surface area contributed by atoms with Gasteiger partial charge in [0.15, 0.2) is 5.82 Å². The average molecular weight is 318 g/mol. The summed E-state index contributed by atoms with van der Waals surface area (Å²) in [7, 11) is 0. The molecule has 0 spiro atoms. The van der Waals surface area contributed by atoms with Crippen LogP contribution in [0.1, 0.15) is 26.3 Å². The van der Waals surface area contributed by atoms with Gasteiger partial charge in [-0.15, -0.1) is 6.58 Å². The number of aromatic nitrogens is 1. The molecule has 1 aliphatic rings. The van der Waals surface area contributed by atoms with Crippen molar-refractivity contribution in [3.63, 3.8) is 0 Å². The minimum absolute atomic E-state index is 0.400. The van der Waals surface area contributed by atoms with Gasteiger partial charge in [0.25, 0.3) is 0 Å². The van der Waals surface area contributed by atoms with Crippen LogP contribution in [-0.4, -0.2) is 47.9 Å². The Balaban J connectivity index is 2.36. The summed E-state index contributed by atoms with van der Waals surface area (Å²) in [6, 6.07) is 3.83. The normalized spacial score (nSPS) is 16.0. The van der Waals surface area contributed by atoms with Crippen molar-refractivity contribution in [1.29, 1.82) is 0 Å². The molecule has 1 fully saturated rings. The molecular weight excluding hydrogens is 292 g/mol. The van der Waals surface area contributed by atoms with Gasteiger partial charge < -0.3 is 10.1 Å². The van der Waals surface area contributed by atoms with Gasteiger partial charge in [0.05, 0.1) is 0 Å². The van der Waals surface area contributed by atoms with Gasteiger partial charge in [-0.1, -0.05) is 12.1 Å². The number of hydrogen-bond donors (Lipinski definition) is 1. The first kappa shape index (κ1) is 17.4. The number of carbonyl (C=O) groups is 1. The van der Waals surface area contributed by atoms with Crippen LogP contribution in [0.5, 0.6) is 0 Å². The molecule has 6 heteroatoms. The van der Waals surface area contributed by atoms with Gasteiger partial charge in [0.2, 0.25) is 0 Å². The van der Waals surface area contributed by atoms with E-state index >= 15 is 0 Å². The number of rotatable bonds is 4. The lowest BCUT2D eigenvalue weighted by molar-refractivity contribution is 0.0445. The van der Waals surface area contributed by atoms with Crippen LogP contribution in [0.15, 0.2) is 31.0 Å². The van der Waals surface area contributed by atoms with E-state index in [0.29, 0.717) is 12.2 Å². The minimum Gasteiger partial charge on any atom is -0.442 e. The summed E-state index contributed by atoms with van der Waals surface area (Å²) < 4.78 is 5.60. The Hall–Kier alpha value is -1.92. The molecule has 6 nitrogen and oxygen atoms in total. The summed E-state index contributed by atoms with van der Waals surface area (Å²) in [6.07, 6.45) is 3.75. The lowest BCUT2D eigenvalue weighted by Crippen LogP contribution is -2.56. The average Bonchev–Trinajstić information content (AvgIpc) is 2.49. The first-order chi connectivity index (χ1) is 10.9. The molecule has 1 aromatic rings. The van der Waals surface area contributed by atoms with Crippen LogP contribution < -0.4 is 10.3 Å². The van der Waals surface area contributed by atoms with Crippen LogP contribution in [0.4, 0.5) is 10.6 Å². The monoisotopic (exact) mass is 318 g/mol. The van der Waals surface area contributed by atoms with Gasteiger partial charge >= 0.3 is 6.09 Å². The van der Waals surface area contributed by atoms with Crippen LogP contribution in [0.25, 0.3) is 0 Å². The van der Waals surface area contributed by atoms with Crippen LogP contribution in [-0.2, 0) is 11.2 Å². The van der Waals surface area contributed by atoms with E-state index in [1.54, 1.807) is 11.2 Å². The molecule has 0 unspecified atom stereocenters. The van der Waals surface area contributed by atoms with Crippen LogP contribution in [0, 0.1) is 0 Å². The molecule has 1 N–H and O–H groups in total. The SMILES string of the molecule is C=CCc1cccnc1N(C(=O)OC(C)(C)C)N1CCNCC1. The minimum atomic E-state index is -0.559. The molecule has 0 saturated carbocycles. The molecule has 0 atom stereocenters. The second kappa shape index (κ2) is 7.57. The zero-order chi connectivity index (χ0) is 16.9. The highest BCUT2D eigenvalue weighted by Crippen LogP contribution is 2.23. The van der Waals surface area contributed by atoms with Crippen LogP contribution in [0.2, 0.25) is 0 Å². The summed E-state index contributed by atoms with van der Waals surface area (Å²) >= 11 is 0. The quantitative estimate of drug-likeness (QED) is 0.864. The Morgan fingerprint density at radius 3 is 2.78 bits per heavy atom. The number of hydrogen-bond acceptors (Lipinski definition) is 5. The molecule has 126 valence electrons. The molecule has 1 aliphatic heterocycles. The van der Waals surface area contributed by atoms with E-state index in [1.165, 1.54) is 0 Å². The number of nitrogens with one attached hydrogen (secondary N) is 1. The topological polar surface area (TPSA) is 57.7 Å². The molecule has 1 amide bonds. The third-order valence-corrected chi connectivity index (χ3v) is 3.38. The van der Waals surface area contributed by atoms with Gasteiger partial charge in [0, 0.05) is 37.9 Å². The van der Waals surface area contributed by atoms with Crippen LogP contribution >= 0.6 is 0 Å². The first-order valence-corrected chi connectivity index (χ1v) is 7.96. The smallest absolute Gasteiger partial charge is 0.431 e. The Bertz CT molecular complexity index is 548. The van der Waals surface area contributed by atoms with Gasteiger partial charge in [-0.25, -0.2) is 14.8 Å². The highest BCUT2D eigenvalue weighted by molar-refractivity contribution is 5.86. The Kier molecular flexibility index (Phi) is 5.74. The predicted molar refractivity (Wildman–Crippen MR) is 91.3 cm³/mol. The Morgan fingerprint density at radius 2 is 2.17 bits per heavy atom. The number of pyridine rings is 1. The van der Waals surface area contributed by atoms with E-state index in [0.717, 1.165) is 31.7 Å². The summed E-state index contributed by atoms with van der Waals surface area (Å²) in [6.45, 7) is 12.5. The van der Waals surface area contributed by atoms with E-state index in [4.69, 9.17) is 4.74 Å². The number of hydrazine groups is 1. The molecule has 23 heavy (non-hydrogen) atoms. The maximum atomic E-state index is 12.8. The summed E-state index contributed by atoms with van der Waals surface area (Å²) in [5, 5.41) is 6.85. The van der Waals surface area contributed by atoms with Gasteiger partial charge in [-0.3, -0.25) is 0 Å². The molecule has 1 saturated heterocycles. The molecule has 0 radical (unpaired) electrons. The van der Waals surface area contributed by atoms with Crippen molar-refractivity contribution in [3.05, 3.63) is 36.5 Å². The largest absolute Gasteiger partial charge is 0.442 e. The highest BCUT2D eigenvalue weighted by atomic mass is 16.6. The van der Waals surface area contributed by atoms with E-state index < -0.39 is 11.7 Å². The van der Waals surface area contributed by atoms with Crippen molar-refractivity contribution in [3.8, 4) is 0 Å². The lowest BCUT2D eigenvalue weighted by atomic mass is 10.2. The predicted octanol–water partition coefficient (Wildman–Crippen LogP) is 2.37. The van der Waals surface area contributed by atoms with Crippen molar-refractivity contribution in [2.45, 2.75) is 32.8 Å². The number of anilines is 1. The van der Waals surface area contributed by atoms with Gasteiger partial charge in [-0.05, 0) is 33.3 Å². The summed E-state index contributed by atoms with van der Waals surface area (Å²) in [4.78, 5) is 17.2. The molecule has 2 rings (SSSR count). The van der Waals surface area contributed by atoms with Crippen molar-refractivity contribution < 1.29 is 9.53 Å². The summed E-state index contributed by atoms with van der Waals surface area (Å²) in [5.41, 5.74) is 0.392. The molecular formula is C17H26N4O2. The maximum absolute atomic E-state index is 12.8. The fourth-order valence-corrected chi connectivity index (χ4v) is 2.43. The van der Waals surface area contributed by atoms with Crippen molar-refractivity contribution in [2.75, 3.05) is 31.2 Å². The highest BCUT2D eigenvalue weighted by Gasteiger charge is 2.31. The second-order valence-electron chi connectivity index (χ2n) is 6.47. The Morgan fingerprint density at radius 1 is 1.48 bits per heavy atom. The third kappa shape index (κ3) is 4.77. The number of piperazine rings is 1. The fraction of sp³-hybridized carbons (Fsp3) is 0.529. The lowest BCUT2D eigenvalue weighted by Gasteiger charge is -2.38. The molecule has 2 heterocycles. The van der Waals surface area contributed by atoms with E-state index in [2.05, 4.69) is 16.9 Å². The van der Waals surface area contributed by atoms with Gasteiger partial charge in [-0.2, -0.15) is 5.01 Å². The third-order valence-electron chi connectivity index (χ3n) is 3.38. The van der Waals surface area contributed by atoms with E-state index in [-0.39, 0.29) is 0 Å². The molecule has 0 aliphatic carbocycles. The van der Waals surface area contributed by atoms with Gasteiger partial charge in [0.1, 0.15) is 5.60 Å². The molecule has 0 bridgehead atoms. The van der Waals surface area contributed by atoms with E-state index in [1.807, 2.05) is 44.0 Å². The molecule has 0 aromatic carbocycles. The fourth-order valence-electron chi connectivity index (χ4n) is 2.43. The summed E-state index contributed by atoms with van der Waals surface area (Å²) in [5.74, 6) is 0.614.